The summed E-state index contributed by atoms with van der Waals surface area (Å²) in [7, 11) is -3.62. The molecular weight excluding hydrogens is 324 g/mol. The van der Waals surface area contributed by atoms with E-state index >= 15 is 0 Å². The number of benzene rings is 1. The highest BCUT2D eigenvalue weighted by Crippen LogP contribution is 2.35. The number of carbonyl (C=O) groups excluding carboxylic acids is 1. The number of carbonyl (C=O) groups is 1. The first-order valence-corrected chi connectivity index (χ1v) is 9.05. The minimum atomic E-state index is -3.62. The average molecular weight is 336 g/mol. The van der Waals surface area contributed by atoms with Crippen molar-refractivity contribution in [2.24, 2.45) is 0 Å². The van der Waals surface area contributed by atoms with Crippen molar-refractivity contribution >= 4 is 33.3 Å². The summed E-state index contributed by atoms with van der Waals surface area (Å²) < 4.78 is 32.6. The summed E-state index contributed by atoms with van der Waals surface area (Å²) in [4.78, 5) is 13.2. The molecule has 0 atom stereocenters. The number of thiophene rings is 1. The third kappa shape index (κ3) is 2.90. The molecule has 7 heteroatoms. The normalized spacial score (nSPS) is 15.7. The van der Waals surface area contributed by atoms with E-state index in [9.17, 15) is 13.2 Å². The Hall–Kier alpha value is -2.12. The number of allylic oxidation sites excluding steroid dienone is 1. The number of aryl methyl sites for hydroxylation is 1. The standard InChI is InChI=1S/C15H12O5S2/c1-9-5-6-21-14(9)8-13-15(16)11-4-3-10(7-12(11)19-13)20-22(2,17)18/h3-8H,1-2H3/b13-8-. The third-order valence-electron chi connectivity index (χ3n) is 3.05. The van der Waals surface area contributed by atoms with Crippen LogP contribution in [-0.2, 0) is 10.1 Å². The Labute approximate surface area is 131 Å². The molecule has 3 rings (SSSR count). The van der Waals surface area contributed by atoms with Crippen LogP contribution in [-0.4, -0.2) is 20.5 Å². The number of ether oxygens (including phenoxy) is 1. The Kier molecular flexibility index (Phi) is 3.54. The molecule has 0 amide bonds. The summed E-state index contributed by atoms with van der Waals surface area (Å²) in [5.41, 5.74) is 1.45. The predicted octanol–water partition coefficient (Wildman–Crippen LogP) is 3.01. The molecule has 0 aliphatic carbocycles. The van der Waals surface area contributed by atoms with Crippen LogP contribution in [0.25, 0.3) is 6.08 Å². The van der Waals surface area contributed by atoms with Gasteiger partial charge in [0.05, 0.1) is 11.8 Å². The second kappa shape index (κ2) is 5.26. The molecule has 114 valence electrons. The maximum absolute atomic E-state index is 12.3. The maximum atomic E-state index is 12.3. The SMILES string of the molecule is Cc1ccsc1/C=C1\Oc2cc(OS(C)(=O)=O)ccc2C1=O. The highest BCUT2D eigenvalue weighted by molar-refractivity contribution is 7.86. The average Bonchev–Trinajstić information content (AvgIpc) is 2.94. The summed E-state index contributed by atoms with van der Waals surface area (Å²) in [5, 5.41) is 1.94. The second-order valence-electron chi connectivity index (χ2n) is 4.85. The minimum Gasteiger partial charge on any atom is -0.452 e. The fraction of sp³-hybridized carbons (Fsp3) is 0.133. The van der Waals surface area contributed by atoms with Gasteiger partial charge in [-0.1, -0.05) is 0 Å². The van der Waals surface area contributed by atoms with Crippen molar-refractivity contribution in [1.29, 1.82) is 0 Å². The largest absolute Gasteiger partial charge is 0.452 e. The Bertz CT molecular complexity index is 890. The molecule has 1 aliphatic rings. The molecule has 1 aromatic heterocycles. The van der Waals surface area contributed by atoms with Gasteiger partial charge in [0.15, 0.2) is 5.76 Å². The summed E-state index contributed by atoms with van der Waals surface area (Å²) in [6, 6.07) is 6.29. The van der Waals surface area contributed by atoms with Crippen molar-refractivity contribution in [3.63, 3.8) is 0 Å². The zero-order valence-electron chi connectivity index (χ0n) is 11.8. The Morgan fingerprint density at radius 2 is 2.05 bits per heavy atom. The van der Waals surface area contributed by atoms with E-state index in [1.165, 1.54) is 29.5 Å². The number of hydrogen-bond donors (Lipinski definition) is 0. The molecule has 1 aliphatic heterocycles. The molecule has 0 saturated heterocycles. The molecule has 1 aromatic carbocycles. The number of ketones is 1. The Balaban J connectivity index is 1.94. The fourth-order valence-corrected chi connectivity index (χ4v) is 3.35. The molecule has 5 nitrogen and oxygen atoms in total. The third-order valence-corrected chi connectivity index (χ3v) is 4.51. The minimum absolute atomic E-state index is 0.114. The van der Waals surface area contributed by atoms with E-state index in [0.717, 1.165) is 16.7 Å². The van der Waals surface area contributed by atoms with Gasteiger partial charge < -0.3 is 8.92 Å². The van der Waals surface area contributed by atoms with Gasteiger partial charge >= 0.3 is 10.1 Å². The number of fused-ring (bicyclic) bond motifs is 1. The van der Waals surface area contributed by atoms with E-state index in [1.54, 1.807) is 6.08 Å². The van der Waals surface area contributed by atoms with Crippen LogP contribution >= 0.6 is 11.3 Å². The topological polar surface area (TPSA) is 69.7 Å². The molecule has 0 bridgehead atoms. The molecule has 0 unspecified atom stereocenters. The van der Waals surface area contributed by atoms with E-state index in [-0.39, 0.29) is 17.3 Å². The lowest BCUT2D eigenvalue weighted by Crippen LogP contribution is -2.05. The van der Waals surface area contributed by atoms with Crippen LogP contribution in [0.4, 0.5) is 0 Å². The van der Waals surface area contributed by atoms with E-state index in [2.05, 4.69) is 0 Å². The van der Waals surface area contributed by atoms with Gasteiger partial charge in [0, 0.05) is 17.0 Å². The summed E-state index contributed by atoms with van der Waals surface area (Å²) >= 11 is 1.52. The van der Waals surface area contributed by atoms with Gasteiger partial charge in [0.2, 0.25) is 5.78 Å². The quantitative estimate of drug-likeness (QED) is 0.636. The van der Waals surface area contributed by atoms with Gasteiger partial charge in [0.25, 0.3) is 0 Å². The number of hydrogen-bond acceptors (Lipinski definition) is 6. The summed E-state index contributed by atoms with van der Waals surface area (Å²) in [6.07, 6.45) is 2.65. The molecule has 0 radical (unpaired) electrons. The Morgan fingerprint density at radius 3 is 2.68 bits per heavy atom. The van der Waals surface area contributed by atoms with E-state index in [1.807, 2.05) is 18.4 Å². The highest BCUT2D eigenvalue weighted by Gasteiger charge is 2.28. The molecule has 2 aromatic rings. The van der Waals surface area contributed by atoms with Crippen molar-refractivity contribution in [3.8, 4) is 11.5 Å². The molecule has 0 saturated carbocycles. The van der Waals surface area contributed by atoms with Gasteiger partial charge in [-0.25, -0.2) is 0 Å². The first kappa shape index (κ1) is 14.8. The monoisotopic (exact) mass is 336 g/mol. The van der Waals surface area contributed by atoms with Gasteiger partial charge in [-0.3, -0.25) is 4.79 Å². The molecule has 2 heterocycles. The zero-order valence-corrected chi connectivity index (χ0v) is 13.5. The van der Waals surface area contributed by atoms with Gasteiger partial charge in [0.1, 0.15) is 11.5 Å². The van der Waals surface area contributed by atoms with Crippen LogP contribution in [0.3, 0.4) is 0 Å². The lowest BCUT2D eigenvalue weighted by atomic mass is 10.1. The molecule has 0 fully saturated rings. The smallest absolute Gasteiger partial charge is 0.306 e. The van der Waals surface area contributed by atoms with Crippen molar-refractivity contribution < 1.29 is 22.1 Å². The van der Waals surface area contributed by atoms with Crippen LogP contribution in [0.15, 0.2) is 35.4 Å². The van der Waals surface area contributed by atoms with Gasteiger partial charge in [-0.05, 0) is 36.1 Å². The van der Waals surface area contributed by atoms with E-state index < -0.39 is 10.1 Å². The van der Waals surface area contributed by atoms with Crippen LogP contribution in [0, 0.1) is 6.92 Å². The fourth-order valence-electron chi connectivity index (χ4n) is 2.05. The summed E-state index contributed by atoms with van der Waals surface area (Å²) in [5.74, 6) is 0.403. The first-order chi connectivity index (χ1) is 10.3. The molecule has 0 N–H and O–H groups in total. The number of Topliss-reactive ketones (excluding diaryl/α,β-unsaturated/α-hetero) is 1. The van der Waals surface area contributed by atoms with Crippen molar-refractivity contribution in [1.82, 2.24) is 0 Å². The molecule has 22 heavy (non-hydrogen) atoms. The van der Waals surface area contributed by atoms with Crippen LogP contribution < -0.4 is 8.92 Å². The maximum Gasteiger partial charge on any atom is 0.306 e. The van der Waals surface area contributed by atoms with Crippen LogP contribution in [0.2, 0.25) is 0 Å². The van der Waals surface area contributed by atoms with Crippen molar-refractivity contribution in [2.45, 2.75) is 6.92 Å². The van der Waals surface area contributed by atoms with Crippen LogP contribution in [0.1, 0.15) is 20.8 Å². The van der Waals surface area contributed by atoms with Crippen molar-refractivity contribution in [2.75, 3.05) is 6.26 Å². The summed E-state index contributed by atoms with van der Waals surface area (Å²) in [6.45, 7) is 1.95. The predicted molar refractivity (Wildman–Crippen MR) is 83.9 cm³/mol. The lowest BCUT2D eigenvalue weighted by molar-refractivity contribution is 0.101. The van der Waals surface area contributed by atoms with Crippen LogP contribution in [0.5, 0.6) is 11.5 Å². The van der Waals surface area contributed by atoms with Crippen molar-refractivity contribution in [3.05, 3.63) is 51.4 Å². The lowest BCUT2D eigenvalue weighted by Gasteiger charge is -2.03. The van der Waals surface area contributed by atoms with E-state index in [4.69, 9.17) is 8.92 Å². The zero-order chi connectivity index (χ0) is 15.9. The van der Waals surface area contributed by atoms with Gasteiger partial charge in [-0.15, -0.1) is 11.3 Å². The van der Waals surface area contributed by atoms with Gasteiger partial charge in [-0.2, -0.15) is 8.42 Å². The number of rotatable bonds is 3. The molecule has 0 spiro atoms. The second-order valence-corrected chi connectivity index (χ2v) is 7.38. The molecular formula is C15H12O5S2. The Morgan fingerprint density at radius 1 is 1.27 bits per heavy atom. The van der Waals surface area contributed by atoms with E-state index in [0.29, 0.717) is 11.3 Å². The highest BCUT2D eigenvalue weighted by atomic mass is 32.2. The first-order valence-electron chi connectivity index (χ1n) is 6.35.